The van der Waals surface area contributed by atoms with Crippen LogP contribution in [0, 0.1) is 0 Å². The van der Waals surface area contributed by atoms with Crippen LogP contribution >= 0.6 is 0 Å². The van der Waals surface area contributed by atoms with Crippen LogP contribution in [0.1, 0.15) is 335 Å². The lowest BCUT2D eigenvalue weighted by Gasteiger charge is -2.20. The maximum atomic E-state index is 12.5. The summed E-state index contributed by atoms with van der Waals surface area (Å²) in [6, 6.07) is -0.621. The van der Waals surface area contributed by atoms with Crippen molar-refractivity contribution in [2.45, 2.75) is 347 Å². The average molecular weight is 979 g/mol. The largest absolute Gasteiger partial charge is 0.394 e. The van der Waals surface area contributed by atoms with E-state index in [1.165, 1.54) is 263 Å². The van der Waals surface area contributed by atoms with Gasteiger partial charge in [0.25, 0.3) is 0 Å². The van der Waals surface area contributed by atoms with E-state index >= 15 is 0 Å². The molecular weight excluding hydrogens is 855 g/mol. The molecule has 2 unspecified atom stereocenters. The lowest BCUT2D eigenvalue weighted by Crippen LogP contribution is -2.45. The second-order valence-corrected chi connectivity index (χ2v) is 21.5. The number of allylic oxidation sites excluding steroid dienone is 9. The van der Waals surface area contributed by atoms with Gasteiger partial charge in [-0.1, -0.05) is 331 Å². The molecule has 2 atom stereocenters. The highest BCUT2D eigenvalue weighted by Crippen LogP contribution is 2.18. The van der Waals surface area contributed by atoms with E-state index in [9.17, 15) is 15.0 Å². The van der Waals surface area contributed by atoms with Crippen molar-refractivity contribution >= 4 is 5.91 Å². The Labute approximate surface area is 438 Å². The molecule has 1 amide bonds. The van der Waals surface area contributed by atoms with E-state index in [0.29, 0.717) is 6.42 Å². The number of hydrogen-bond donors (Lipinski definition) is 3. The van der Waals surface area contributed by atoms with Gasteiger partial charge in [0.1, 0.15) is 0 Å². The zero-order valence-corrected chi connectivity index (χ0v) is 47.3. The van der Waals surface area contributed by atoms with Crippen molar-refractivity contribution in [2.24, 2.45) is 0 Å². The van der Waals surface area contributed by atoms with Crippen molar-refractivity contribution in [3.8, 4) is 0 Å². The number of rotatable bonds is 58. The maximum Gasteiger partial charge on any atom is 0.220 e. The second kappa shape index (κ2) is 61.4. The smallest absolute Gasteiger partial charge is 0.220 e. The van der Waals surface area contributed by atoms with E-state index in [-0.39, 0.29) is 12.5 Å². The first-order valence-electron chi connectivity index (χ1n) is 31.5. The summed E-state index contributed by atoms with van der Waals surface area (Å²) < 4.78 is 0. The zero-order valence-electron chi connectivity index (χ0n) is 47.3. The summed E-state index contributed by atoms with van der Waals surface area (Å²) >= 11 is 0. The fraction of sp³-hybridized carbons (Fsp3) is 0.833. The molecule has 0 fully saturated rings. The van der Waals surface area contributed by atoms with Gasteiger partial charge in [-0.25, -0.2) is 0 Å². The number of hydrogen-bond acceptors (Lipinski definition) is 3. The van der Waals surface area contributed by atoms with E-state index in [1.807, 2.05) is 6.08 Å². The minimum Gasteiger partial charge on any atom is -0.394 e. The van der Waals surface area contributed by atoms with Crippen LogP contribution in [0.4, 0.5) is 0 Å². The Bertz CT molecular complexity index is 1150. The Morgan fingerprint density at radius 2 is 0.629 bits per heavy atom. The van der Waals surface area contributed by atoms with Gasteiger partial charge in [-0.2, -0.15) is 0 Å². The SMILES string of the molecule is CC/C=C\C/C=C\C/C=C\C/C=C\CCCCCCCCCCCCCCCCCCCCCCCCCCCCCCC(=O)NC(CO)C(O)/C=C/CCCCCCCCCCCCCCCCC. The molecule has 0 aliphatic carbocycles. The molecule has 0 rings (SSSR count). The Morgan fingerprint density at radius 1 is 0.357 bits per heavy atom. The van der Waals surface area contributed by atoms with Crippen LogP contribution in [0.25, 0.3) is 0 Å². The lowest BCUT2D eigenvalue weighted by molar-refractivity contribution is -0.123. The molecule has 0 aromatic heterocycles. The molecule has 0 saturated carbocycles. The van der Waals surface area contributed by atoms with Crippen LogP contribution in [-0.4, -0.2) is 34.9 Å². The zero-order chi connectivity index (χ0) is 50.6. The molecular formula is C66H123NO3. The standard InChI is InChI=1S/C66H123NO3/c1-3-5-7-9-11-13-15-17-19-21-22-23-24-25-26-27-28-29-30-31-32-33-34-35-36-37-38-39-40-41-42-43-44-46-48-50-52-54-56-58-60-62-66(70)67-64(63-68)65(69)61-59-57-55-53-51-49-47-45-20-18-16-14-12-10-8-6-4-2/h5,7,11,13,17,19,22-23,59,61,64-65,68-69H,3-4,6,8-10,12,14-16,18,20-21,24-58,60,62-63H2,1-2H3,(H,67,70)/b7-5-,13-11-,19-17-,23-22-,61-59+. The number of amides is 1. The Balaban J connectivity index is 3.39. The minimum absolute atomic E-state index is 0.0579. The summed E-state index contributed by atoms with van der Waals surface area (Å²) in [4.78, 5) is 12.5. The summed E-state index contributed by atoms with van der Waals surface area (Å²) in [6.45, 7) is 4.22. The number of aliphatic hydroxyl groups is 2. The highest BCUT2D eigenvalue weighted by molar-refractivity contribution is 5.76. The van der Waals surface area contributed by atoms with Crippen LogP contribution in [0.5, 0.6) is 0 Å². The summed E-state index contributed by atoms with van der Waals surface area (Å²) in [6.07, 6.45) is 87.1. The first-order chi connectivity index (χ1) is 34.7. The third-order valence-corrected chi connectivity index (χ3v) is 14.5. The van der Waals surface area contributed by atoms with Gasteiger partial charge < -0.3 is 15.5 Å². The second-order valence-electron chi connectivity index (χ2n) is 21.5. The van der Waals surface area contributed by atoms with Crippen molar-refractivity contribution in [1.29, 1.82) is 0 Å². The monoisotopic (exact) mass is 978 g/mol. The predicted octanol–water partition coefficient (Wildman–Crippen LogP) is 21.2. The van der Waals surface area contributed by atoms with E-state index in [4.69, 9.17) is 0 Å². The van der Waals surface area contributed by atoms with Crippen LogP contribution < -0.4 is 5.32 Å². The maximum absolute atomic E-state index is 12.5. The van der Waals surface area contributed by atoms with E-state index < -0.39 is 12.1 Å². The van der Waals surface area contributed by atoms with Crippen molar-refractivity contribution in [3.05, 3.63) is 60.8 Å². The quantitative estimate of drug-likeness (QED) is 0.0420. The van der Waals surface area contributed by atoms with Crippen LogP contribution in [0.3, 0.4) is 0 Å². The fourth-order valence-corrected chi connectivity index (χ4v) is 9.76. The van der Waals surface area contributed by atoms with Gasteiger partial charge >= 0.3 is 0 Å². The van der Waals surface area contributed by atoms with E-state index in [2.05, 4.69) is 67.8 Å². The molecule has 0 saturated heterocycles. The number of carbonyl (C=O) groups is 1. The molecule has 0 heterocycles. The highest BCUT2D eigenvalue weighted by atomic mass is 16.3. The fourth-order valence-electron chi connectivity index (χ4n) is 9.76. The molecule has 0 radical (unpaired) electrons. The van der Waals surface area contributed by atoms with E-state index in [1.54, 1.807) is 6.08 Å². The van der Waals surface area contributed by atoms with Gasteiger partial charge in [0, 0.05) is 6.42 Å². The third kappa shape index (κ3) is 57.0. The Hall–Kier alpha value is -1.91. The molecule has 3 N–H and O–H groups in total. The van der Waals surface area contributed by atoms with Crippen molar-refractivity contribution in [3.63, 3.8) is 0 Å². The normalized spacial score (nSPS) is 13.1. The van der Waals surface area contributed by atoms with E-state index in [0.717, 1.165) is 51.4 Å². The van der Waals surface area contributed by atoms with Crippen molar-refractivity contribution in [1.82, 2.24) is 5.32 Å². The highest BCUT2D eigenvalue weighted by Gasteiger charge is 2.18. The molecule has 0 bridgehead atoms. The van der Waals surface area contributed by atoms with Crippen LogP contribution in [0.15, 0.2) is 60.8 Å². The van der Waals surface area contributed by atoms with Gasteiger partial charge in [0.05, 0.1) is 18.8 Å². The van der Waals surface area contributed by atoms with Gasteiger partial charge in [-0.15, -0.1) is 0 Å². The molecule has 0 aromatic carbocycles. The summed E-state index contributed by atoms with van der Waals surface area (Å²) in [5.74, 6) is -0.0579. The summed E-state index contributed by atoms with van der Waals surface area (Å²) in [5.41, 5.74) is 0. The molecule has 70 heavy (non-hydrogen) atoms. The Kier molecular flexibility index (Phi) is 59.7. The van der Waals surface area contributed by atoms with Gasteiger partial charge in [-0.05, 0) is 57.8 Å². The molecule has 4 nitrogen and oxygen atoms in total. The Morgan fingerprint density at radius 3 is 0.943 bits per heavy atom. The number of carbonyl (C=O) groups excluding carboxylic acids is 1. The average Bonchev–Trinajstić information content (AvgIpc) is 3.36. The van der Waals surface area contributed by atoms with Gasteiger partial charge in [0.2, 0.25) is 5.91 Å². The van der Waals surface area contributed by atoms with Crippen molar-refractivity contribution in [2.75, 3.05) is 6.61 Å². The van der Waals surface area contributed by atoms with Crippen LogP contribution in [-0.2, 0) is 4.79 Å². The van der Waals surface area contributed by atoms with Crippen LogP contribution in [0.2, 0.25) is 0 Å². The number of nitrogens with one attached hydrogen (secondary N) is 1. The molecule has 0 aromatic rings. The third-order valence-electron chi connectivity index (χ3n) is 14.5. The van der Waals surface area contributed by atoms with Crippen molar-refractivity contribution < 1.29 is 15.0 Å². The topological polar surface area (TPSA) is 69.6 Å². The molecule has 0 aliphatic rings. The van der Waals surface area contributed by atoms with Gasteiger partial charge in [-0.3, -0.25) is 4.79 Å². The van der Waals surface area contributed by atoms with Gasteiger partial charge in [0.15, 0.2) is 0 Å². The first kappa shape index (κ1) is 68.1. The summed E-state index contributed by atoms with van der Waals surface area (Å²) in [5, 5.41) is 23.2. The minimum atomic E-state index is -0.838. The molecule has 0 spiro atoms. The lowest BCUT2D eigenvalue weighted by atomic mass is 10.0. The molecule has 4 heteroatoms. The summed E-state index contributed by atoms with van der Waals surface area (Å²) in [7, 11) is 0. The number of unbranched alkanes of at least 4 members (excludes halogenated alkanes) is 43. The molecule has 0 aliphatic heterocycles. The predicted molar refractivity (Wildman–Crippen MR) is 313 cm³/mol. The number of aliphatic hydroxyl groups excluding tert-OH is 2. The first-order valence-corrected chi connectivity index (χ1v) is 31.5. The molecule has 410 valence electrons.